The predicted octanol–water partition coefficient (Wildman–Crippen LogP) is 6.43. The monoisotopic (exact) mass is 517 g/mol. The number of rotatable bonds is 10. The van der Waals surface area contributed by atoms with Crippen molar-refractivity contribution in [3.8, 4) is 0 Å². The zero-order valence-electron chi connectivity index (χ0n) is 23.9. The van der Waals surface area contributed by atoms with E-state index in [-0.39, 0.29) is 5.78 Å². The molecule has 0 amide bonds. The fourth-order valence-electron chi connectivity index (χ4n) is 4.68. The third kappa shape index (κ3) is 7.99. The maximum Gasteiger partial charge on any atom is 0.227 e. The van der Waals surface area contributed by atoms with Gasteiger partial charge in [0.1, 0.15) is 0 Å². The second-order valence-corrected chi connectivity index (χ2v) is 10.3. The summed E-state index contributed by atoms with van der Waals surface area (Å²) in [5.74, 6) is 1.46. The number of benzene rings is 1. The van der Waals surface area contributed by atoms with Crippen molar-refractivity contribution in [1.82, 2.24) is 19.9 Å². The summed E-state index contributed by atoms with van der Waals surface area (Å²) < 4.78 is 0. The number of fused-ring (bicyclic) bond motifs is 1. The molecule has 1 aromatic carbocycles. The number of pyridine rings is 1. The summed E-state index contributed by atoms with van der Waals surface area (Å²) in [6, 6.07) is 10.2. The second-order valence-electron chi connectivity index (χ2n) is 10.3. The Balaban J connectivity index is 0.000000260. The van der Waals surface area contributed by atoms with Gasteiger partial charge in [0, 0.05) is 56.2 Å². The lowest BCUT2D eigenvalue weighted by Crippen LogP contribution is -2.31. The highest BCUT2D eigenvalue weighted by molar-refractivity contribution is 5.96. The molecule has 2 aromatic heterocycles. The number of aromatic nitrogens is 3. The van der Waals surface area contributed by atoms with Crippen LogP contribution in [0.25, 0.3) is 0 Å². The van der Waals surface area contributed by atoms with Gasteiger partial charge >= 0.3 is 0 Å². The van der Waals surface area contributed by atoms with E-state index in [1.807, 2.05) is 63.7 Å². The number of carbonyl (C=O) groups is 1. The Bertz CT molecular complexity index is 1190. The first-order valence-electron chi connectivity index (χ1n) is 13.5. The van der Waals surface area contributed by atoms with E-state index in [1.165, 1.54) is 24.8 Å². The van der Waals surface area contributed by atoms with Gasteiger partial charge < -0.3 is 16.0 Å². The summed E-state index contributed by atoms with van der Waals surface area (Å²) >= 11 is 0. The SMILES string of the molecule is CCC[C@@H](CC(C)C)N1Cc2cnc(Nc3ccc(C)nc3)nc2C1.CNc1ccc(C(C)=O)cc1NC. The molecular formula is C30H43N7O. The first-order valence-corrected chi connectivity index (χ1v) is 13.5. The van der Waals surface area contributed by atoms with Crippen molar-refractivity contribution in [2.24, 2.45) is 5.92 Å². The van der Waals surface area contributed by atoms with Gasteiger partial charge in [-0.25, -0.2) is 9.97 Å². The van der Waals surface area contributed by atoms with E-state index in [4.69, 9.17) is 4.98 Å². The average molecular weight is 518 g/mol. The third-order valence-electron chi connectivity index (χ3n) is 6.69. The largest absolute Gasteiger partial charge is 0.386 e. The Hall–Kier alpha value is -3.52. The molecule has 1 atom stereocenters. The van der Waals surface area contributed by atoms with E-state index in [2.05, 4.69) is 51.6 Å². The number of nitrogens with one attached hydrogen (secondary N) is 3. The van der Waals surface area contributed by atoms with Crippen LogP contribution in [0.3, 0.4) is 0 Å². The van der Waals surface area contributed by atoms with Crippen LogP contribution in [0.2, 0.25) is 0 Å². The average Bonchev–Trinajstić information content (AvgIpc) is 3.33. The number of carbonyl (C=O) groups excluding carboxylic acids is 1. The van der Waals surface area contributed by atoms with Crippen LogP contribution in [0.4, 0.5) is 23.0 Å². The lowest BCUT2D eigenvalue weighted by Gasteiger charge is -2.28. The van der Waals surface area contributed by atoms with E-state index in [1.54, 1.807) is 6.92 Å². The van der Waals surface area contributed by atoms with Crippen molar-refractivity contribution in [1.29, 1.82) is 0 Å². The summed E-state index contributed by atoms with van der Waals surface area (Å²) in [6.07, 6.45) is 7.51. The van der Waals surface area contributed by atoms with Crippen molar-refractivity contribution >= 4 is 28.8 Å². The van der Waals surface area contributed by atoms with Crippen LogP contribution in [-0.2, 0) is 13.1 Å². The molecule has 0 saturated carbocycles. The van der Waals surface area contributed by atoms with Crippen LogP contribution >= 0.6 is 0 Å². The van der Waals surface area contributed by atoms with Crippen molar-refractivity contribution in [3.63, 3.8) is 0 Å². The molecular weight excluding hydrogens is 474 g/mol. The number of aryl methyl sites for hydroxylation is 1. The van der Waals surface area contributed by atoms with Gasteiger partial charge in [0.05, 0.1) is 29.0 Å². The fraction of sp³-hybridized carbons (Fsp3) is 0.467. The standard InChI is InChI=1S/C20H29N5.C10H14N2O/c1-5-6-18(9-14(2)3)25-12-16-10-22-20(24-19(16)13-25)23-17-8-7-15(4)21-11-17;1-7(13)8-4-5-9(11-2)10(6-8)12-3/h7-8,10-11,14,18H,5-6,9,12-13H2,1-4H3,(H,22,23,24);4-6,11-12H,1-3H3/t18-;/m0./s1. The maximum absolute atomic E-state index is 11.1. The zero-order chi connectivity index (χ0) is 27.7. The Kier molecular flexibility index (Phi) is 10.6. The molecule has 204 valence electrons. The highest BCUT2D eigenvalue weighted by atomic mass is 16.1. The number of hydrogen-bond donors (Lipinski definition) is 3. The van der Waals surface area contributed by atoms with E-state index in [0.29, 0.717) is 12.0 Å². The maximum atomic E-state index is 11.1. The van der Waals surface area contributed by atoms with Crippen LogP contribution in [0.15, 0.2) is 42.7 Å². The molecule has 3 heterocycles. The van der Waals surface area contributed by atoms with Crippen molar-refractivity contribution in [2.45, 2.75) is 73.0 Å². The number of hydrogen-bond acceptors (Lipinski definition) is 8. The molecule has 0 aliphatic carbocycles. The van der Waals surface area contributed by atoms with Gasteiger partial charge in [-0.1, -0.05) is 27.2 Å². The second kappa shape index (κ2) is 13.9. The number of anilines is 4. The van der Waals surface area contributed by atoms with E-state index >= 15 is 0 Å². The van der Waals surface area contributed by atoms with Crippen molar-refractivity contribution < 1.29 is 4.79 Å². The third-order valence-corrected chi connectivity index (χ3v) is 6.69. The van der Waals surface area contributed by atoms with Crippen molar-refractivity contribution in [2.75, 3.05) is 30.0 Å². The predicted molar refractivity (Wildman–Crippen MR) is 157 cm³/mol. The minimum atomic E-state index is 0.0825. The minimum Gasteiger partial charge on any atom is -0.386 e. The van der Waals surface area contributed by atoms with Crippen LogP contribution in [0, 0.1) is 12.8 Å². The van der Waals surface area contributed by atoms with Gasteiger partial charge in [0.25, 0.3) is 0 Å². The van der Waals surface area contributed by atoms with Gasteiger partial charge in [-0.15, -0.1) is 0 Å². The molecule has 0 radical (unpaired) electrons. The summed E-state index contributed by atoms with van der Waals surface area (Å²) in [5.41, 5.74) is 7.00. The number of Topliss-reactive ketones (excluding diaryl/α,β-unsaturated/α-hetero) is 1. The Labute approximate surface area is 227 Å². The molecule has 0 fully saturated rings. The number of nitrogens with zero attached hydrogens (tertiary/aromatic N) is 4. The normalized spacial score (nSPS) is 13.4. The lowest BCUT2D eigenvalue weighted by atomic mass is 9.99. The molecule has 3 N–H and O–H groups in total. The van der Waals surface area contributed by atoms with Crippen LogP contribution in [0.5, 0.6) is 0 Å². The molecule has 3 aromatic rings. The quantitative estimate of drug-likeness (QED) is 0.265. The highest BCUT2D eigenvalue weighted by Crippen LogP contribution is 2.28. The van der Waals surface area contributed by atoms with Gasteiger partial charge in [-0.05, 0) is 62.9 Å². The molecule has 8 heteroatoms. The highest BCUT2D eigenvalue weighted by Gasteiger charge is 2.27. The molecule has 8 nitrogen and oxygen atoms in total. The summed E-state index contributed by atoms with van der Waals surface area (Å²) in [6.45, 7) is 12.3. The molecule has 4 rings (SSSR count). The van der Waals surface area contributed by atoms with E-state index in [9.17, 15) is 4.79 Å². The molecule has 1 aliphatic rings. The van der Waals surface area contributed by atoms with Crippen LogP contribution in [-0.4, -0.2) is 45.8 Å². The summed E-state index contributed by atoms with van der Waals surface area (Å²) in [5, 5.41) is 9.32. The van der Waals surface area contributed by atoms with E-state index in [0.717, 1.165) is 53.0 Å². The minimum absolute atomic E-state index is 0.0825. The Morgan fingerprint density at radius 3 is 2.39 bits per heavy atom. The molecule has 0 bridgehead atoms. The molecule has 0 unspecified atom stereocenters. The van der Waals surface area contributed by atoms with Gasteiger partial charge in [0.2, 0.25) is 5.95 Å². The molecule has 38 heavy (non-hydrogen) atoms. The first kappa shape index (κ1) is 29.0. The van der Waals surface area contributed by atoms with Crippen molar-refractivity contribution in [3.05, 3.63) is 65.2 Å². The van der Waals surface area contributed by atoms with E-state index < -0.39 is 0 Å². The lowest BCUT2D eigenvalue weighted by molar-refractivity contribution is 0.101. The molecule has 0 saturated heterocycles. The number of ketones is 1. The fourth-order valence-corrected chi connectivity index (χ4v) is 4.68. The van der Waals surface area contributed by atoms with Crippen LogP contribution in [0.1, 0.15) is 74.3 Å². The van der Waals surface area contributed by atoms with Gasteiger partial charge in [0.15, 0.2) is 5.78 Å². The Morgan fingerprint density at radius 2 is 1.79 bits per heavy atom. The summed E-state index contributed by atoms with van der Waals surface area (Å²) in [4.78, 5) is 27.2. The topological polar surface area (TPSA) is 95.1 Å². The smallest absolute Gasteiger partial charge is 0.227 e. The molecule has 0 spiro atoms. The molecule has 1 aliphatic heterocycles. The van der Waals surface area contributed by atoms with Gasteiger partial charge in [-0.2, -0.15) is 0 Å². The van der Waals surface area contributed by atoms with Gasteiger partial charge in [-0.3, -0.25) is 14.7 Å². The van der Waals surface area contributed by atoms with Crippen LogP contribution < -0.4 is 16.0 Å². The first-order chi connectivity index (χ1) is 18.2. The Morgan fingerprint density at radius 1 is 1.03 bits per heavy atom. The zero-order valence-corrected chi connectivity index (χ0v) is 23.9. The summed E-state index contributed by atoms with van der Waals surface area (Å²) in [7, 11) is 3.68.